The molecule has 0 fully saturated rings. The first-order valence-electron chi connectivity index (χ1n) is 32.5. The van der Waals surface area contributed by atoms with Gasteiger partial charge in [-0.15, -0.1) is 0 Å². The quantitative estimate of drug-likeness (QED) is 0.0261. The van der Waals surface area contributed by atoms with Gasteiger partial charge in [-0.1, -0.05) is 271 Å². The summed E-state index contributed by atoms with van der Waals surface area (Å²) in [5, 5.41) is 0. The molecule has 0 aliphatic heterocycles. The van der Waals surface area contributed by atoms with E-state index in [9.17, 15) is 14.4 Å². The third-order valence-electron chi connectivity index (χ3n) is 13.7. The maximum Gasteiger partial charge on any atom is 0.306 e. The molecule has 1 atom stereocenters. The molecule has 0 N–H and O–H groups in total. The first-order chi connectivity index (χ1) is 38.5. The first-order valence-corrected chi connectivity index (χ1v) is 32.5. The van der Waals surface area contributed by atoms with Gasteiger partial charge in [0.2, 0.25) is 0 Å². The summed E-state index contributed by atoms with van der Waals surface area (Å²) in [5.74, 6) is -0.906. The average molecular weight is 1080 g/mol. The molecule has 0 bridgehead atoms. The number of ether oxygens (including phenoxy) is 3. The Balaban J connectivity index is 4.17. The Morgan fingerprint density at radius 1 is 0.269 bits per heavy atom. The van der Waals surface area contributed by atoms with Crippen molar-refractivity contribution in [3.8, 4) is 0 Å². The van der Waals surface area contributed by atoms with Crippen LogP contribution in [0.4, 0.5) is 0 Å². The lowest BCUT2D eigenvalue weighted by Crippen LogP contribution is -2.30. The minimum atomic E-state index is -0.788. The van der Waals surface area contributed by atoms with Crippen LogP contribution in [0, 0.1) is 0 Å². The summed E-state index contributed by atoms with van der Waals surface area (Å²) in [7, 11) is 0. The summed E-state index contributed by atoms with van der Waals surface area (Å²) in [6.07, 6.45) is 90.8. The van der Waals surface area contributed by atoms with Gasteiger partial charge in [0.05, 0.1) is 0 Å². The lowest BCUT2D eigenvalue weighted by molar-refractivity contribution is -0.167. The van der Waals surface area contributed by atoms with E-state index in [-0.39, 0.29) is 31.1 Å². The Labute approximate surface area is 482 Å². The van der Waals surface area contributed by atoms with Crippen LogP contribution in [0.25, 0.3) is 0 Å². The van der Waals surface area contributed by atoms with Crippen LogP contribution in [0.1, 0.15) is 297 Å². The van der Waals surface area contributed by atoms with E-state index < -0.39 is 6.10 Å². The van der Waals surface area contributed by atoms with Gasteiger partial charge in [0, 0.05) is 19.3 Å². The Bertz CT molecular complexity index is 1620. The number of carbonyl (C=O) groups excluding carboxylic acids is 3. The fourth-order valence-corrected chi connectivity index (χ4v) is 8.81. The maximum absolute atomic E-state index is 12.9. The third kappa shape index (κ3) is 62.7. The second-order valence-electron chi connectivity index (χ2n) is 21.3. The minimum Gasteiger partial charge on any atom is -0.462 e. The monoisotopic (exact) mass is 1080 g/mol. The molecule has 0 saturated carbocycles. The van der Waals surface area contributed by atoms with Crippen molar-refractivity contribution in [2.24, 2.45) is 0 Å². The van der Waals surface area contributed by atoms with Crippen molar-refractivity contribution in [2.45, 2.75) is 303 Å². The zero-order chi connectivity index (χ0) is 56.4. The topological polar surface area (TPSA) is 78.9 Å². The van der Waals surface area contributed by atoms with Crippen LogP contribution in [-0.2, 0) is 28.6 Å². The zero-order valence-electron chi connectivity index (χ0n) is 50.9. The van der Waals surface area contributed by atoms with E-state index in [0.29, 0.717) is 19.3 Å². The molecule has 0 radical (unpaired) electrons. The van der Waals surface area contributed by atoms with Crippen LogP contribution < -0.4 is 0 Å². The molecule has 6 nitrogen and oxygen atoms in total. The number of esters is 3. The number of rotatable bonds is 58. The smallest absolute Gasteiger partial charge is 0.306 e. The molecule has 78 heavy (non-hydrogen) atoms. The van der Waals surface area contributed by atoms with Crippen molar-refractivity contribution in [2.75, 3.05) is 13.2 Å². The van der Waals surface area contributed by atoms with Crippen LogP contribution in [0.3, 0.4) is 0 Å². The van der Waals surface area contributed by atoms with E-state index in [1.165, 1.54) is 122 Å². The van der Waals surface area contributed by atoms with Gasteiger partial charge in [0.25, 0.3) is 0 Å². The summed E-state index contributed by atoms with van der Waals surface area (Å²) in [5.41, 5.74) is 0. The Kier molecular flexibility index (Phi) is 61.8. The van der Waals surface area contributed by atoms with E-state index in [1.54, 1.807) is 0 Å². The summed E-state index contributed by atoms with van der Waals surface area (Å²) < 4.78 is 16.9. The van der Waals surface area contributed by atoms with E-state index in [1.807, 2.05) is 0 Å². The highest BCUT2D eigenvalue weighted by molar-refractivity contribution is 5.71. The van der Waals surface area contributed by atoms with Crippen LogP contribution in [-0.4, -0.2) is 37.2 Å². The van der Waals surface area contributed by atoms with Crippen molar-refractivity contribution >= 4 is 17.9 Å². The van der Waals surface area contributed by atoms with Gasteiger partial charge in [-0.25, -0.2) is 0 Å². The Morgan fingerprint density at radius 3 is 0.846 bits per heavy atom. The molecule has 0 heterocycles. The van der Waals surface area contributed by atoms with Crippen molar-refractivity contribution < 1.29 is 28.6 Å². The van der Waals surface area contributed by atoms with Gasteiger partial charge in [-0.05, 0) is 128 Å². The summed E-state index contributed by atoms with van der Waals surface area (Å²) in [6.45, 7) is 6.45. The Hall–Kier alpha value is -4.19. The lowest BCUT2D eigenvalue weighted by atomic mass is 10.1. The van der Waals surface area contributed by atoms with E-state index in [2.05, 4.69) is 142 Å². The average Bonchev–Trinajstić information content (AvgIpc) is 3.44. The highest BCUT2D eigenvalue weighted by Gasteiger charge is 2.19. The molecular formula is C72H120O6. The molecule has 1 unspecified atom stereocenters. The van der Waals surface area contributed by atoms with Gasteiger partial charge in [0.15, 0.2) is 6.10 Å². The van der Waals surface area contributed by atoms with Gasteiger partial charge in [-0.3, -0.25) is 14.4 Å². The SMILES string of the molecule is CC/C=C\C/C=C\C/C=C\C/C=C\C/C=C\C/C=C\C/C=C\C/C=C\CCCCCCCCCCCCC(=O)OCC(COC(=O)CCCCCCC/C=C\CCC)OC(=O)CCCCCCC/C=C\CCCCCCCC. The number of hydrogen-bond donors (Lipinski definition) is 0. The zero-order valence-corrected chi connectivity index (χ0v) is 50.9. The fraction of sp³-hybridized carbons (Fsp3) is 0.681. The molecule has 444 valence electrons. The van der Waals surface area contributed by atoms with Crippen LogP contribution in [0.2, 0.25) is 0 Å². The first kappa shape index (κ1) is 73.8. The fourth-order valence-electron chi connectivity index (χ4n) is 8.81. The predicted molar refractivity (Wildman–Crippen MR) is 339 cm³/mol. The molecule has 0 amide bonds. The second-order valence-corrected chi connectivity index (χ2v) is 21.3. The summed E-state index contributed by atoms with van der Waals surface area (Å²) >= 11 is 0. The largest absolute Gasteiger partial charge is 0.462 e. The van der Waals surface area contributed by atoms with Gasteiger partial charge < -0.3 is 14.2 Å². The molecular weight excluding hydrogens is 961 g/mol. The molecule has 0 aliphatic carbocycles. The molecule has 6 heteroatoms. The molecule has 0 aromatic rings. The lowest BCUT2D eigenvalue weighted by Gasteiger charge is -2.18. The van der Waals surface area contributed by atoms with Crippen LogP contribution in [0.15, 0.2) is 122 Å². The number of unbranched alkanes of at least 4 members (excludes halogenated alkanes) is 27. The third-order valence-corrected chi connectivity index (χ3v) is 13.7. The van der Waals surface area contributed by atoms with E-state index >= 15 is 0 Å². The second kappa shape index (κ2) is 65.3. The van der Waals surface area contributed by atoms with Gasteiger partial charge in [0.1, 0.15) is 13.2 Å². The van der Waals surface area contributed by atoms with Crippen LogP contribution in [0.5, 0.6) is 0 Å². The highest BCUT2D eigenvalue weighted by Crippen LogP contribution is 2.15. The summed E-state index contributed by atoms with van der Waals surface area (Å²) in [4.78, 5) is 38.2. The molecule has 0 aliphatic rings. The van der Waals surface area contributed by atoms with Crippen molar-refractivity contribution in [1.82, 2.24) is 0 Å². The predicted octanol–water partition coefficient (Wildman–Crippen LogP) is 22.4. The van der Waals surface area contributed by atoms with Crippen molar-refractivity contribution in [3.63, 3.8) is 0 Å². The van der Waals surface area contributed by atoms with Crippen molar-refractivity contribution in [1.29, 1.82) is 0 Å². The molecule has 0 rings (SSSR count). The molecule has 0 aromatic heterocycles. The van der Waals surface area contributed by atoms with Crippen LogP contribution >= 0.6 is 0 Å². The molecule has 0 aromatic carbocycles. The molecule has 0 saturated heterocycles. The van der Waals surface area contributed by atoms with Gasteiger partial charge >= 0.3 is 17.9 Å². The van der Waals surface area contributed by atoms with Crippen molar-refractivity contribution in [3.05, 3.63) is 122 Å². The van der Waals surface area contributed by atoms with E-state index in [0.717, 1.165) is 135 Å². The summed E-state index contributed by atoms with van der Waals surface area (Å²) in [6, 6.07) is 0. The Morgan fingerprint density at radius 2 is 0.526 bits per heavy atom. The number of carbonyl (C=O) groups is 3. The maximum atomic E-state index is 12.9. The highest BCUT2D eigenvalue weighted by atomic mass is 16.6. The van der Waals surface area contributed by atoms with Gasteiger partial charge in [-0.2, -0.15) is 0 Å². The molecule has 0 spiro atoms. The van der Waals surface area contributed by atoms with E-state index in [4.69, 9.17) is 14.2 Å². The normalized spacial score (nSPS) is 12.9. The standard InChI is InChI=1S/C72H120O6/c1-4-7-10-13-16-19-22-24-26-27-28-29-30-31-32-33-34-35-36-37-38-39-40-41-42-43-44-45-47-48-50-53-56-59-62-65-71(74)77-68-69(67-76-70(73)64-61-58-55-52-21-18-15-12-9-6-3)78-72(75)66-63-60-57-54-51-49-46-25-23-20-17-14-11-8-5-2/h7,10,12,15-16,19,24-26,28-29,31-32,34-35,37-38,40-41,46,69H,4-6,8-9,11,13-14,17-18,20-23,27,30,33,36,39,42-45,47-68H2,1-3H3/b10-7-,15-12-,19-16-,26-24-,29-28-,32-31-,35-34-,38-37-,41-40-,46-25-. The minimum absolute atomic E-state index is 0.0864. The number of hydrogen-bond acceptors (Lipinski definition) is 6. The number of allylic oxidation sites excluding steroid dienone is 20.